The minimum absolute atomic E-state index is 0.515. The summed E-state index contributed by atoms with van der Waals surface area (Å²) >= 11 is 0. The van der Waals surface area contributed by atoms with Crippen LogP contribution in [0.15, 0.2) is 43.0 Å². The van der Waals surface area contributed by atoms with Crippen LogP contribution in [-0.2, 0) is 0 Å². The first-order valence-electron chi connectivity index (χ1n) is 5.62. The molecule has 0 radical (unpaired) electrons. The summed E-state index contributed by atoms with van der Waals surface area (Å²) in [6.07, 6.45) is 3.82. The van der Waals surface area contributed by atoms with Gasteiger partial charge in [0.15, 0.2) is 0 Å². The summed E-state index contributed by atoms with van der Waals surface area (Å²) in [4.78, 5) is 0. The van der Waals surface area contributed by atoms with E-state index in [9.17, 15) is 5.11 Å². The molecule has 0 aliphatic heterocycles. The van der Waals surface area contributed by atoms with E-state index >= 15 is 0 Å². The van der Waals surface area contributed by atoms with Crippen molar-refractivity contribution in [3.8, 4) is 11.8 Å². The van der Waals surface area contributed by atoms with E-state index in [0.29, 0.717) is 12.8 Å². The monoisotopic (exact) mass is 214 g/mol. The molecule has 0 aliphatic carbocycles. The van der Waals surface area contributed by atoms with E-state index < -0.39 is 5.60 Å². The van der Waals surface area contributed by atoms with Crippen LogP contribution in [0.25, 0.3) is 0 Å². The molecule has 0 spiro atoms. The normalized spacial score (nSPS) is 13.4. The average Bonchev–Trinajstić information content (AvgIpc) is 2.29. The SMILES string of the molecule is C=CCC(O)(C#Cc1ccccc1)CCC. The predicted molar refractivity (Wildman–Crippen MR) is 68.0 cm³/mol. The Kier molecular flexibility index (Phi) is 4.82. The summed E-state index contributed by atoms with van der Waals surface area (Å²) in [5.74, 6) is 5.96. The average molecular weight is 214 g/mol. The maximum atomic E-state index is 10.2. The zero-order valence-electron chi connectivity index (χ0n) is 9.74. The Bertz CT molecular complexity index is 383. The third-order valence-electron chi connectivity index (χ3n) is 2.36. The van der Waals surface area contributed by atoms with E-state index in [1.54, 1.807) is 6.08 Å². The Morgan fingerprint density at radius 3 is 2.62 bits per heavy atom. The Hall–Kier alpha value is -1.52. The van der Waals surface area contributed by atoms with Crippen LogP contribution in [0.2, 0.25) is 0 Å². The van der Waals surface area contributed by atoms with Crippen LogP contribution in [0.3, 0.4) is 0 Å². The van der Waals surface area contributed by atoms with Gasteiger partial charge in [-0.15, -0.1) is 6.58 Å². The van der Waals surface area contributed by atoms with Crippen molar-refractivity contribution in [1.29, 1.82) is 0 Å². The maximum absolute atomic E-state index is 10.2. The molecule has 1 aromatic carbocycles. The molecule has 0 aliphatic rings. The molecule has 16 heavy (non-hydrogen) atoms. The molecule has 1 aromatic rings. The highest BCUT2D eigenvalue weighted by molar-refractivity contribution is 5.36. The first-order chi connectivity index (χ1) is 7.70. The van der Waals surface area contributed by atoms with Gasteiger partial charge in [0.05, 0.1) is 0 Å². The fourth-order valence-electron chi connectivity index (χ4n) is 1.58. The fourth-order valence-corrected chi connectivity index (χ4v) is 1.58. The van der Waals surface area contributed by atoms with Crippen LogP contribution in [-0.4, -0.2) is 10.7 Å². The summed E-state index contributed by atoms with van der Waals surface area (Å²) in [5, 5.41) is 10.2. The molecule has 84 valence electrons. The van der Waals surface area contributed by atoms with Crippen LogP contribution in [0, 0.1) is 11.8 Å². The Labute approximate surface area is 97.8 Å². The second-order valence-electron chi connectivity index (χ2n) is 3.89. The quantitative estimate of drug-likeness (QED) is 0.603. The van der Waals surface area contributed by atoms with Crippen molar-refractivity contribution >= 4 is 0 Å². The van der Waals surface area contributed by atoms with Gasteiger partial charge < -0.3 is 5.11 Å². The Balaban J connectivity index is 2.83. The summed E-state index contributed by atoms with van der Waals surface area (Å²) < 4.78 is 0. The Morgan fingerprint density at radius 2 is 2.06 bits per heavy atom. The second-order valence-corrected chi connectivity index (χ2v) is 3.89. The standard InChI is InChI=1S/C15H18O/c1-3-11-15(16,12-4-2)13-10-14-8-6-5-7-9-14/h3,5-9,16H,1,4,11-12H2,2H3. The summed E-state index contributed by atoms with van der Waals surface area (Å²) in [7, 11) is 0. The van der Waals surface area contributed by atoms with E-state index in [1.165, 1.54) is 0 Å². The smallest absolute Gasteiger partial charge is 0.129 e. The van der Waals surface area contributed by atoms with Crippen molar-refractivity contribution in [1.82, 2.24) is 0 Å². The van der Waals surface area contributed by atoms with Crippen molar-refractivity contribution in [2.45, 2.75) is 31.8 Å². The highest BCUT2D eigenvalue weighted by atomic mass is 16.3. The molecule has 0 bridgehead atoms. The van der Waals surface area contributed by atoms with Gasteiger partial charge in [-0.2, -0.15) is 0 Å². The third kappa shape index (κ3) is 3.92. The molecule has 1 atom stereocenters. The predicted octanol–water partition coefficient (Wildman–Crippen LogP) is 3.15. The minimum Gasteiger partial charge on any atom is -0.377 e. The van der Waals surface area contributed by atoms with Gasteiger partial charge in [0.25, 0.3) is 0 Å². The highest BCUT2D eigenvalue weighted by Gasteiger charge is 2.20. The van der Waals surface area contributed by atoms with Crippen molar-refractivity contribution in [2.24, 2.45) is 0 Å². The van der Waals surface area contributed by atoms with E-state index in [0.717, 1.165) is 12.0 Å². The summed E-state index contributed by atoms with van der Waals surface area (Å²) in [5.41, 5.74) is 0.00730. The maximum Gasteiger partial charge on any atom is 0.129 e. The van der Waals surface area contributed by atoms with Gasteiger partial charge in [-0.3, -0.25) is 0 Å². The molecule has 1 nitrogen and oxygen atoms in total. The van der Waals surface area contributed by atoms with Gasteiger partial charge in [0.1, 0.15) is 5.60 Å². The van der Waals surface area contributed by atoms with Gasteiger partial charge in [-0.1, -0.05) is 49.5 Å². The molecule has 0 aromatic heterocycles. The molecule has 0 fully saturated rings. The molecule has 1 N–H and O–H groups in total. The second kappa shape index (κ2) is 6.15. The van der Waals surface area contributed by atoms with Crippen LogP contribution in [0.1, 0.15) is 31.7 Å². The van der Waals surface area contributed by atoms with Crippen molar-refractivity contribution in [2.75, 3.05) is 0 Å². The molecule has 0 saturated heterocycles. The van der Waals surface area contributed by atoms with Crippen molar-refractivity contribution in [3.05, 3.63) is 48.6 Å². The number of hydrogen-bond donors (Lipinski definition) is 1. The van der Waals surface area contributed by atoms with E-state index in [1.807, 2.05) is 37.3 Å². The number of rotatable bonds is 4. The lowest BCUT2D eigenvalue weighted by atomic mass is 9.94. The first kappa shape index (κ1) is 12.5. The highest BCUT2D eigenvalue weighted by Crippen LogP contribution is 2.17. The van der Waals surface area contributed by atoms with Gasteiger partial charge in [-0.25, -0.2) is 0 Å². The number of hydrogen-bond acceptors (Lipinski definition) is 1. The van der Waals surface area contributed by atoms with Crippen molar-refractivity contribution in [3.63, 3.8) is 0 Å². The topological polar surface area (TPSA) is 20.2 Å². The largest absolute Gasteiger partial charge is 0.377 e. The van der Waals surface area contributed by atoms with Gasteiger partial charge in [0, 0.05) is 12.0 Å². The zero-order valence-corrected chi connectivity index (χ0v) is 9.74. The number of benzene rings is 1. The molecule has 1 rings (SSSR count). The van der Waals surface area contributed by atoms with Crippen LogP contribution >= 0.6 is 0 Å². The van der Waals surface area contributed by atoms with Gasteiger partial charge >= 0.3 is 0 Å². The van der Waals surface area contributed by atoms with Crippen molar-refractivity contribution < 1.29 is 5.11 Å². The lowest BCUT2D eigenvalue weighted by Crippen LogP contribution is -2.25. The molecule has 0 heterocycles. The van der Waals surface area contributed by atoms with Gasteiger partial charge in [-0.05, 0) is 18.6 Å². The summed E-state index contributed by atoms with van der Waals surface area (Å²) in [6, 6.07) is 9.71. The third-order valence-corrected chi connectivity index (χ3v) is 2.36. The molecule has 1 unspecified atom stereocenters. The molecular formula is C15H18O. The lowest BCUT2D eigenvalue weighted by Gasteiger charge is -2.19. The Morgan fingerprint density at radius 1 is 1.38 bits per heavy atom. The van der Waals surface area contributed by atoms with E-state index in [-0.39, 0.29) is 0 Å². The molecule has 0 saturated carbocycles. The van der Waals surface area contributed by atoms with Gasteiger partial charge in [0.2, 0.25) is 0 Å². The summed E-state index contributed by atoms with van der Waals surface area (Å²) in [6.45, 7) is 5.70. The lowest BCUT2D eigenvalue weighted by molar-refractivity contribution is 0.0942. The molecular weight excluding hydrogens is 196 g/mol. The minimum atomic E-state index is -0.924. The molecule has 1 heteroatoms. The first-order valence-corrected chi connectivity index (χ1v) is 5.62. The zero-order chi connectivity index (χ0) is 11.9. The van der Waals surface area contributed by atoms with E-state index in [4.69, 9.17) is 0 Å². The van der Waals surface area contributed by atoms with Crippen LogP contribution < -0.4 is 0 Å². The van der Waals surface area contributed by atoms with Crippen LogP contribution in [0.5, 0.6) is 0 Å². The number of aliphatic hydroxyl groups is 1. The van der Waals surface area contributed by atoms with Crippen LogP contribution in [0.4, 0.5) is 0 Å². The molecule has 0 amide bonds. The fraction of sp³-hybridized carbons (Fsp3) is 0.333. The van der Waals surface area contributed by atoms with E-state index in [2.05, 4.69) is 18.4 Å².